The van der Waals surface area contributed by atoms with E-state index in [1.165, 1.54) is 6.07 Å². The minimum Gasteiger partial charge on any atom is -0.494 e. The summed E-state index contributed by atoms with van der Waals surface area (Å²) in [4.78, 5) is 23.7. The van der Waals surface area contributed by atoms with Crippen LogP contribution in [0.4, 0.5) is 0 Å². The Kier molecular flexibility index (Phi) is 6.43. The molecule has 128 valence electrons. The summed E-state index contributed by atoms with van der Waals surface area (Å²) >= 11 is 3.12. The molecule has 7 heteroatoms. The van der Waals surface area contributed by atoms with Crippen LogP contribution in [0.3, 0.4) is 0 Å². The quantitative estimate of drug-likeness (QED) is 0.755. The molecule has 6 nitrogen and oxygen atoms in total. The number of carbonyl (C=O) groups excluding carboxylic acids is 2. The van der Waals surface area contributed by atoms with E-state index in [-0.39, 0.29) is 24.3 Å². The van der Waals surface area contributed by atoms with Crippen molar-refractivity contribution in [2.75, 3.05) is 13.2 Å². The third kappa shape index (κ3) is 5.13. The molecule has 0 aliphatic heterocycles. The maximum Gasteiger partial charge on any atom is 0.287 e. The van der Waals surface area contributed by atoms with E-state index in [4.69, 9.17) is 9.15 Å². The molecular formula is C17H19BrN2O4. The van der Waals surface area contributed by atoms with Gasteiger partial charge in [-0.1, -0.05) is 12.1 Å². The first kappa shape index (κ1) is 18.1. The molecule has 1 heterocycles. The van der Waals surface area contributed by atoms with Gasteiger partial charge in [-0.25, -0.2) is 0 Å². The van der Waals surface area contributed by atoms with Crippen molar-refractivity contribution < 1.29 is 18.7 Å². The molecule has 1 atom stereocenters. The zero-order valence-electron chi connectivity index (χ0n) is 13.5. The molecule has 1 aromatic carbocycles. The number of nitrogens with one attached hydrogen (secondary N) is 2. The molecule has 24 heavy (non-hydrogen) atoms. The molecule has 2 amide bonds. The molecule has 0 radical (unpaired) electrons. The van der Waals surface area contributed by atoms with Gasteiger partial charge in [0.15, 0.2) is 10.4 Å². The van der Waals surface area contributed by atoms with Crippen LogP contribution in [0, 0.1) is 0 Å². The lowest BCUT2D eigenvalue weighted by molar-refractivity contribution is -0.120. The average Bonchev–Trinajstić information content (AvgIpc) is 3.00. The maximum atomic E-state index is 11.9. The van der Waals surface area contributed by atoms with Gasteiger partial charge in [0.1, 0.15) is 5.75 Å². The third-order valence-electron chi connectivity index (χ3n) is 3.28. The first-order chi connectivity index (χ1) is 11.5. The summed E-state index contributed by atoms with van der Waals surface area (Å²) in [7, 11) is 0. The second-order valence-electron chi connectivity index (χ2n) is 5.08. The summed E-state index contributed by atoms with van der Waals surface area (Å²) in [6.45, 7) is 4.28. The number of furan rings is 1. The lowest BCUT2D eigenvalue weighted by atomic mass is 10.1. The Morgan fingerprint density at radius 1 is 1.21 bits per heavy atom. The van der Waals surface area contributed by atoms with E-state index >= 15 is 0 Å². The predicted molar refractivity (Wildman–Crippen MR) is 92.9 cm³/mol. The van der Waals surface area contributed by atoms with Gasteiger partial charge in [-0.15, -0.1) is 0 Å². The van der Waals surface area contributed by atoms with Crippen molar-refractivity contribution in [3.8, 4) is 5.75 Å². The van der Waals surface area contributed by atoms with Crippen LogP contribution < -0.4 is 15.4 Å². The third-order valence-corrected chi connectivity index (χ3v) is 3.70. The summed E-state index contributed by atoms with van der Waals surface area (Å²) < 4.78 is 11.0. The van der Waals surface area contributed by atoms with Gasteiger partial charge in [0.25, 0.3) is 5.91 Å². The first-order valence-electron chi connectivity index (χ1n) is 7.55. The van der Waals surface area contributed by atoms with E-state index in [2.05, 4.69) is 26.6 Å². The van der Waals surface area contributed by atoms with Crippen LogP contribution in [0.25, 0.3) is 0 Å². The maximum absolute atomic E-state index is 11.9. The number of benzene rings is 1. The van der Waals surface area contributed by atoms with Gasteiger partial charge in [0.05, 0.1) is 19.2 Å². The Morgan fingerprint density at radius 2 is 1.92 bits per heavy atom. The summed E-state index contributed by atoms with van der Waals surface area (Å²) in [5.41, 5.74) is 0.952. The average molecular weight is 395 g/mol. The minimum atomic E-state index is -0.440. The summed E-state index contributed by atoms with van der Waals surface area (Å²) in [6, 6.07) is 10.5. The van der Waals surface area contributed by atoms with Gasteiger partial charge in [-0.2, -0.15) is 0 Å². The van der Waals surface area contributed by atoms with Crippen LogP contribution in [0.2, 0.25) is 0 Å². The monoisotopic (exact) mass is 394 g/mol. The van der Waals surface area contributed by atoms with Crippen LogP contribution >= 0.6 is 15.9 Å². The number of halogens is 1. The normalized spacial score (nSPS) is 11.6. The van der Waals surface area contributed by atoms with Crippen molar-refractivity contribution in [1.82, 2.24) is 10.6 Å². The fourth-order valence-corrected chi connectivity index (χ4v) is 2.39. The molecule has 0 bridgehead atoms. The Balaban J connectivity index is 1.81. The Morgan fingerprint density at radius 3 is 2.50 bits per heavy atom. The summed E-state index contributed by atoms with van der Waals surface area (Å²) in [5, 5.41) is 5.33. The van der Waals surface area contributed by atoms with Crippen molar-refractivity contribution in [2.24, 2.45) is 0 Å². The van der Waals surface area contributed by atoms with Gasteiger partial charge in [-0.05, 0) is 59.6 Å². The van der Waals surface area contributed by atoms with Gasteiger partial charge in [0, 0.05) is 0 Å². The van der Waals surface area contributed by atoms with Crippen LogP contribution in [-0.4, -0.2) is 25.0 Å². The number of hydrogen-bond donors (Lipinski definition) is 2. The number of carbonyl (C=O) groups is 2. The lowest BCUT2D eigenvalue weighted by Crippen LogP contribution is -2.37. The molecule has 0 fully saturated rings. The van der Waals surface area contributed by atoms with Crippen LogP contribution in [0.15, 0.2) is 45.5 Å². The Labute approximate surface area is 148 Å². The van der Waals surface area contributed by atoms with Gasteiger partial charge in [-0.3, -0.25) is 9.59 Å². The van der Waals surface area contributed by atoms with E-state index in [0.717, 1.165) is 11.3 Å². The largest absolute Gasteiger partial charge is 0.494 e. The fraction of sp³-hybridized carbons (Fsp3) is 0.294. The van der Waals surface area contributed by atoms with Crippen LogP contribution in [0.1, 0.15) is 36.0 Å². The van der Waals surface area contributed by atoms with Crippen molar-refractivity contribution >= 4 is 27.7 Å². The van der Waals surface area contributed by atoms with Crippen LogP contribution in [0.5, 0.6) is 5.75 Å². The highest BCUT2D eigenvalue weighted by molar-refractivity contribution is 9.10. The van der Waals surface area contributed by atoms with Crippen molar-refractivity contribution in [1.29, 1.82) is 0 Å². The zero-order valence-corrected chi connectivity index (χ0v) is 15.1. The molecule has 1 unspecified atom stereocenters. The highest BCUT2D eigenvalue weighted by atomic mass is 79.9. The molecule has 0 saturated carbocycles. The second kappa shape index (κ2) is 8.54. The highest BCUT2D eigenvalue weighted by Crippen LogP contribution is 2.17. The summed E-state index contributed by atoms with van der Waals surface area (Å²) in [6.07, 6.45) is 0. The number of amides is 2. The molecule has 2 rings (SSSR count). The SMILES string of the molecule is CCOc1ccc(C(C)NC(=O)CNC(=O)c2ccc(Br)o2)cc1. The van der Waals surface area contributed by atoms with E-state index < -0.39 is 5.91 Å². The molecule has 0 aliphatic rings. The summed E-state index contributed by atoms with van der Waals surface area (Å²) in [5.74, 6) is 0.214. The van der Waals surface area contributed by atoms with E-state index in [0.29, 0.717) is 11.3 Å². The van der Waals surface area contributed by atoms with Crippen molar-refractivity contribution in [2.45, 2.75) is 19.9 Å². The van der Waals surface area contributed by atoms with Gasteiger partial charge < -0.3 is 19.8 Å². The minimum absolute atomic E-state index is 0.126. The van der Waals surface area contributed by atoms with Crippen molar-refractivity contribution in [3.05, 3.63) is 52.4 Å². The number of ether oxygens (including phenoxy) is 1. The van der Waals surface area contributed by atoms with E-state index in [1.807, 2.05) is 38.1 Å². The molecular weight excluding hydrogens is 376 g/mol. The molecule has 2 N–H and O–H groups in total. The number of rotatable bonds is 7. The molecule has 2 aromatic rings. The molecule has 0 spiro atoms. The standard InChI is InChI=1S/C17H19BrN2O4/c1-3-23-13-6-4-12(5-7-13)11(2)20-16(21)10-19-17(22)14-8-9-15(18)24-14/h4-9,11H,3,10H2,1-2H3,(H,19,22)(H,20,21). The smallest absolute Gasteiger partial charge is 0.287 e. The molecule has 1 aromatic heterocycles. The fourth-order valence-electron chi connectivity index (χ4n) is 2.08. The molecule has 0 aliphatic carbocycles. The topological polar surface area (TPSA) is 80.6 Å². The number of hydrogen-bond acceptors (Lipinski definition) is 4. The zero-order chi connectivity index (χ0) is 17.5. The predicted octanol–water partition coefficient (Wildman–Crippen LogP) is 3.05. The second-order valence-corrected chi connectivity index (χ2v) is 5.86. The van der Waals surface area contributed by atoms with Gasteiger partial charge >= 0.3 is 0 Å². The first-order valence-corrected chi connectivity index (χ1v) is 8.34. The Hall–Kier alpha value is -2.28. The lowest BCUT2D eigenvalue weighted by Gasteiger charge is -2.15. The highest BCUT2D eigenvalue weighted by Gasteiger charge is 2.14. The van der Waals surface area contributed by atoms with Crippen LogP contribution in [-0.2, 0) is 4.79 Å². The van der Waals surface area contributed by atoms with Crippen molar-refractivity contribution in [3.63, 3.8) is 0 Å². The van der Waals surface area contributed by atoms with E-state index in [9.17, 15) is 9.59 Å². The molecule has 0 saturated heterocycles. The Bertz CT molecular complexity index is 697. The van der Waals surface area contributed by atoms with E-state index in [1.54, 1.807) is 6.07 Å². The van der Waals surface area contributed by atoms with Gasteiger partial charge in [0.2, 0.25) is 5.91 Å².